The highest BCUT2D eigenvalue weighted by Gasteiger charge is 2.05. The smallest absolute Gasteiger partial charge is 0.0478 e. The summed E-state index contributed by atoms with van der Waals surface area (Å²) in [5.74, 6) is 1.21. The first kappa shape index (κ1) is 15.3. The van der Waals surface area contributed by atoms with Crippen molar-refractivity contribution >= 4 is 17.7 Å². The molecule has 0 amide bonds. The number of halogens is 1. The van der Waals surface area contributed by atoms with Crippen molar-refractivity contribution in [2.45, 2.75) is 27.7 Å². The first-order chi connectivity index (χ1) is 8.50. The quantitative estimate of drug-likeness (QED) is 0.791. The molecule has 0 aliphatic rings. The van der Waals surface area contributed by atoms with Crippen LogP contribution in [0.15, 0.2) is 29.8 Å². The highest BCUT2D eigenvalue weighted by molar-refractivity contribution is 6.32. The fraction of sp³-hybridized carbons (Fsp3) is 0.500. The highest BCUT2D eigenvalue weighted by Crippen LogP contribution is 2.20. The number of nitrogens with one attached hydrogen (secondary N) is 1. The maximum absolute atomic E-state index is 6.19. The number of benzene rings is 1. The van der Waals surface area contributed by atoms with Crippen molar-refractivity contribution in [2.75, 3.05) is 13.1 Å². The molecule has 0 heterocycles. The average molecular weight is 266 g/mol. The molecule has 1 rings (SSSR count). The van der Waals surface area contributed by atoms with E-state index < -0.39 is 0 Å². The minimum atomic E-state index is 0.529. The summed E-state index contributed by atoms with van der Waals surface area (Å²) in [6.45, 7) is 10.9. The van der Waals surface area contributed by atoms with Crippen molar-refractivity contribution in [1.82, 2.24) is 5.32 Å². The van der Waals surface area contributed by atoms with Crippen LogP contribution < -0.4 is 5.32 Å². The molecule has 18 heavy (non-hydrogen) atoms. The monoisotopic (exact) mass is 265 g/mol. The molecule has 0 atom stereocenters. The Labute approximate surface area is 116 Å². The Morgan fingerprint density at radius 1 is 1.22 bits per heavy atom. The Morgan fingerprint density at radius 3 is 2.44 bits per heavy atom. The van der Waals surface area contributed by atoms with Crippen LogP contribution in [0.5, 0.6) is 0 Å². The molecule has 0 bridgehead atoms. The van der Waals surface area contributed by atoms with Gasteiger partial charge >= 0.3 is 0 Å². The molecule has 1 aromatic rings. The summed E-state index contributed by atoms with van der Waals surface area (Å²) in [5, 5.41) is 4.31. The van der Waals surface area contributed by atoms with Gasteiger partial charge in [-0.2, -0.15) is 0 Å². The van der Waals surface area contributed by atoms with Crippen LogP contribution in [0.1, 0.15) is 33.3 Å². The predicted octanol–water partition coefficient (Wildman–Crippen LogP) is 4.63. The van der Waals surface area contributed by atoms with Crippen LogP contribution in [0.4, 0.5) is 0 Å². The zero-order valence-electron chi connectivity index (χ0n) is 11.8. The van der Waals surface area contributed by atoms with Crippen LogP contribution in [0.25, 0.3) is 6.08 Å². The van der Waals surface area contributed by atoms with Gasteiger partial charge in [0.15, 0.2) is 0 Å². The molecular weight excluding hydrogens is 242 g/mol. The predicted molar refractivity (Wildman–Crippen MR) is 82.0 cm³/mol. The summed E-state index contributed by atoms with van der Waals surface area (Å²) in [5.41, 5.74) is 2.50. The fourth-order valence-electron chi connectivity index (χ4n) is 1.72. The first-order valence-corrected chi connectivity index (χ1v) is 7.04. The van der Waals surface area contributed by atoms with Gasteiger partial charge in [0, 0.05) is 11.6 Å². The van der Waals surface area contributed by atoms with E-state index in [-0.39, 0.29) is 0 Å². The molecule has 0 aliphatic heterocycles. The third-order valence-electron chi connectivity index (χ3n) is 2.87. The lowest BCUT2D eigenvalue weighted by Crippen LogP contribution is -2.23. The number of hydrogen-bond donors (Lipinski definition) is 1. The molecule has 0 radical (unpaired) electrons. The molecule has 1 nitrogen and oxygen atoms in total. The van der Waals surface area contributed by atoms with Crippen molar-refractivity contribution in [1.29, 1.82) is 0 Å². The van der Waals surface area contributed by atoms with Crippen LogP contribution in [-0.4, -0.2) is 13.1 Å². The molecule has 0 unspecified atom stereocenters. The van der Waals surface area contributed by atoms with Crippen LogP contribution in [-0.2, 0) is 0 Å². The van der Waals surface area contributed by atoms with Crippen molar-refractivity contribution in [3.8, 4) is 0 Å². The number of rotatable bonds is 6. The summed E-state index contributed by atoms with van der Waals surface area (Å²) in [6.07, 6.45) is 2.21. The second kappa shape index (κ2) is 7.60. The van der Waals surface area contributed by atoms with E-state index in [1.165, 1.54) is 5.57 Å². The van der Waals surface area contributed by atoms with E-state index >= 15 is 0 Å². The molecule has 0 saturated carbocycles. The summed E-state index contributed by atoms with van der Waals surface area (Å²) < 4.78 is 0. The standard InChI is InChI=1S/C16H24ClN/c1-12(2)10-18-11-15(13(3)4)9-14-7-5-6-8-16(14)17/h5-9,12-13,18H,10-11H2,1-4H3. The summed E-state index contributed by atoms with van der Waals surface area (Å²) in [4.78, 5) is 0. The fourth-order valence-corrected chi connectivity index (χ4v) is 1.91. The lowest BCUT2D eigenvalue weighted by atomic mass is 10.00. The van der Waals surface area contributed by atoms with Crippen molar-refractivity contribution in [2.24, 2.45) is 11.8 Å². The van der Waals surface area contributed by atoms with Gasteiger partial charge in [-0.15, -0.1) is 0 Å². The van der Waals surface area contributed by atoms with E-state index in [0.29, 0.717) is 11.8 Å². The molecular formula is C16H24ClN. The molecule has 1 N–H and O–H groups in total. The van der Waals surface area contributed by atoms with E-state index in [9.17, 15) is 0 Å². The van der Waals surface area contributed by atoms with Gasteiger partial charge in [0.1, 0.15) is 0 Å². The molecule has 100 valence electrons. The van der Waals surface area contributed by atoms with Crippen LogP contribution in [0.2, 0.25) is 5.02 Å². The van der Waals surface area contributed by atoms with E-state index in [4.69, 9.17) is 11.6 Å². The molecule has 0 saturated heterocycles. The molecule has 0 aromatic heterocycles. The zero-order chi connectivity index (χ0) is 13.5. The van der Waals surface area contributed by atoms with Crippen molar-refractivity contribution in [3.63, 3.8) is 0 Å². The summed E-state index contributed by atoms with van der Waals surface area (Å²) in [6, 6.07) is 7.99. The van der Waals surface area contributed by atoms with Gasteiger partial charge in [-0.05, 0) is 30.0 Å². The Bertz CT molecular complexity index is 394. The molecule has 1 aromatic carbocycles. The van der Waals surface area contributed by atoms with Crippen molar-refractivity contribution in [3.05, 3.63) is 40.4 Å². The molecule has 2 heteroatoms. The Balaban J connectivity index is 2.75. The second-order valence-electron chi connectivity index (χ2n) is 5.42. The van der Waals surface area contributed by atoms with E-state index in [0.717, 1.165) is 23.7 Å². The molecule has 0 fully saturated rings. The normalized spacial score (nSPS) is 12.5. The van der Waals surface area contributed by atoms with Crippen molar-refractivity contribution < 1.29 is 0 Å². The molecule has 0 spiro atoms. The topological polar surface area (TPSA) is 12.0 Å². The summed E-state index contributed by atoms with van der Waals surface area (Å²) in [7, 11) is 0. The zero-order valence-corrected chi connectivity index (χ0v) is 12.6. The van der Waals surface area contributed by atoms with Gasteiger partial charge in [-0.25, -0.2) is 0 Å². The lowest BCUT2D eigenvalue weighted by Gasteiger charge is -2.14. The van der Waals surface area contributed by atoms with Crippen LogP contribution >= 0.6 is 11.6 Å². The van der Waals surface area contributed by atoms with Gasteiger partial charge in [0.2, 0.25) is 0 Å². The van der Waals surface area contributed by atoms with Gasteiger partial charge in [0.25, 0.3) is 0 Å². The van der Waals surface area contributed by atoms with Crippen LogP contribution in [0.3, 0.4) is 0 Å². The minimum Gasteiger partial charge on any atom is -0.313 e. The first-order valence-electron chi connectivity index (χ1n) is 6.66. The molecule has 0 aliphatic carbocycles. The van der Waals surface area contributed by atoms with Gasteiger partial charge in [-0.3, -0.25) is 0 Å². The average Bonchev–Trinajstić information content (AvgIpc) is 2.29. The second-order valence-corrected chi connectivity index (χ2v) is 5.83. The third-order valence-corrected chi connectivity index (χ3v) is 3.21. The van der Waals surface area contributed by atoms with E-state index in [2.05, 4.69) is 45.2 Å². The van der Waals surface area contributed by atoms with Gasteiger partial charge < -0.3 is 5.32 Å². The summed E-state index contributed by atoms with van der Waals surface area (Å²) >= 11 is 6.19. The van der Waals surface area contributed by atoms with Gasteiger partial charge in [0.05, 0.1) is 0 Å². The Morgan fingerprint density at radius 2 is 1.89 bits per heavy atom. The van der Waals surface area contributed by atoms with Gasteiger partial charge in [-0.1, -0.05) is 69.1 Å². The Hall–Kier alpha value is -0.790. The lowest BCUT2D eigenvalue weighted by molar-refractivity contribution is 0.558. The van der Waals surface area contributed by atoms with E-state index in [1.807, 2.05) is 18.2 Å². The largest absolute Gasteiger partial charge is 0.313 e. The minimum absolute atomic E-state index is 0.529. The maximum Gasteiger partial charge on any atom is 0.0478 e. The maximum atomic E-state index is 6.19. The third kappa shape index (κ3) is 5.24. The van der Waals surface area contributed by atoms with Crippen LogP contribution in [0, 0.1) is 11.8 Å². The highest BCUT2D eigenvalue weighted by atomic mass is 35.5. The van der Waals surface area contributed by atoms with E-state index in [1.54, 1.807) is 0 Å². The SMILES string of the molecule is CC(C)CNCC(=Cc1ccccc1Cl)C(C)C. The number of hydrogen-bond acceptors (Lipinski definition) is 1. The Kier molecular flexibility index (Phi) is 6.45.